The third-order valence-corrected chi connectivity index (χ3v) is 3.24. The number of rotatable bonds is 7. The van der Waals surface area contributed by atoms with Crippen LogP contribution in [0.15, 0.2) is 30.3 Å². The van der Waals surface area contributed by atoms with Gasteiger partial charge in [0.05, 0.1) is 5.69 Å². The van der Waals surface area contributed by atoms with Gasteiger partial charge >= 0.3 is 0 Å². The van der Waals surface area contributed by atoms with Gasteiger partial charge in [-0.15, -0.1) is 0 Å². The second-order valence-corrected chi connectivity index (χ2v) is 5.71. The van der Waals surface area contributed by atoms with Crippen molar-refractivity contribution in [1.82, 2.24) is 15.3 Å². The summed E-state index contributed by atoms with van der Waals surface area (Å²) < 4.78 is 0. The van der Waals surface area contributed by atoms with Crippen LogP contribution in [0, 0.1) is 0 Å². The fourth-order valence-corrected chi connectivity index (χ4v) is 2.16. The van der Waals surface area contributed by atoms with Gasteiger partial charge in [0, 0.05) is 36.4 Å². The van der Waals surface area contributed by atoms with E-state index in [9.17, 15) is 4.79 Å². The number of carbonyl (C=O) groups is 1. The van der Waals surface area contributed by atoms with Gasteiger partial charge in [-0.2, -0.15) is 4.98 Å². The Morgan fingerprint density at radius 1 is 1.25 bits per heavy atom. The molecule has 0 radical (unpaired) electrons. The molecule has 0 atom stereocenters. The topological polar surface area (TPSA) is 113 Å². The van der Waals surface area contributed by atoms with Gasteiger partial charge in [-0.1, -0.05) is 12.1 Å². The number of nitrogens with zero attached hydrogens (tertiary/aromatic N) is 2. The van der Waals surface area contributed by atoms with Gasteiger partial charge in [0.25, 0.3) is 5.91 Å². The molecule has 128 valence electrons. The number of benzene rings is 1. The molecule has 0 fully saturated rings. The Morgan fingerprint density at radius 2 is 1.96 bits per heavy atom. The van der Waals surface area contributed by atoms with Gasteiger partial charge in [0.2, 0.25) is 5.95 Å². The van der Waals surface area contributed by atoms with Gasteiger partial charge in [0.1, 0.15) is 5.82 Å². The minimum atomic E-state index is -0.167. The van der Waals surface area contributed by atoms with Gasteiger partial charge in [0.15, 0.2) is 0 Å². The molecule has 1 aromatic carbocycles. The van der Waals surface area contributed by atoms with Crippen molar-refractivity contribution in [1.29, 1.82) is 0 Å². The van der Waals surface area contributed by atoms with Crippen molar-refractivity contribution in [3.8, 4) is 11.3 Å². The summed E-state index contributed by atoms with van der Waals surface area (Å²) in [6.07, 6.45) is 0.537. The minimum Gasteiger partial charge on any atom is -0.396 e. The van der Waals surface area contributed by atoms with E-state index in [-0.39, 0.29) is 24.5 Å². The molecule has 0 aliphatic rings. The lowest BCUT2D eigenvalue weighted by atomic mass is 10.1. The average Bonchev–Trinajstić information content (AvgIpc) is 2.54. The number of anilines is 2. The first-order valence-electron chi connectivity index (χ1n) is 7.90. The molecule has 1 amide bonds. The molecule has 0 aliphatic heterocycles. The first-order chi connectivity index (χ1) is 11.5. The fraction of sp³-hybridized carbons (Fsp3) is 0.353. The van der Waals surface area contributed by atoms with E-state index in [4.69, 9.17) is 10.8 Å². The van der Waals surface area contributed by atoms with Crippen LogP contribution < -0.4 is 16.4 Å². The van der Waals surface area contributed by atoms with Gasteiger partial charge in [-0.05, 0) is 32.4 Å². The number of aliphatic hydroxyl groups is 1. The summed E-state index contributed by atoms with van der Waals surface area (Å²) in [5, 5.41) is 14.7. The van der Waals surface area contributed by atoms with Gasteiger partial charge in [-0.3, -0.25) is 4.79 Å². The van der Waals surface area contributed by atoms with E-state index >= 15 is 0 Å². The monoisotopic (exact) mass is 329 g/mol. The normalized spacial score (nSPS) is 10.7. The first-order valence-corrected chi connectivity index (χ1v) is 7.90. The smallest absolute Gasteiger partial charge is 0.251 e. The SMILES string of the molecule is CC(C)Nc1cc(-c2ccc(C(=O)NCCCO)cc2)nc(N)n1. The second-order valence-electron chi connectivity index (χ2n) is 5.71. The van der Waals surface area contributed by atoms with Crippen LogP contribution in [0.1, 0.15) is 30.6 Å². The molecule has 0 unspecified atom stereocenters. The number of aromatic nitrogens is 2. The molecule has 0 spiro atoms. The van der Waals surface area contributed by atoms with Crippen molar-refractivity contribution in [3.05, 3.63) is 35.9 Å². The molecular weight excluding hydrogens is 306 g/mol. The molecule has 2 rings (SSSR count). The number of carbonyl (C=O) groups excluding carboxylic acids is 1. The largest absolute Gasteiger partial charge is 0.396 e. The summed E-state index contributed by atoms with van der Waals surface area (Å²) in [5.74, 6) is 0.694. The van der Waals surface area contributed by atoms with Crippen molar-refractivity contribution < 1.29 is 9.90 Å². The zero-order chi connectivity index (χ0) is 17.5. The summed E-state index contributed by atoms with van der Waals surface area (Å²) >= 11 is 0. The van der Waals surface area contributed by atoms with Gasteiger partial charge in [-0.25, -0.2) is 4.98 Å². The predicted molar refractivity (Wildman–Crippen MR) is 94.7 cm³/mol. The van der Waals surface area contributed by atoms with Gasteiger partial charge < -0.3 is 21.5 Å². The summed E-state index contributed by atoms with van der Waals surface area (Å²) in [6.45, 7) is 4.54. The second kappa shape index (κ2) is 8.26. The molecule has 24 heavy (non-hydrogen) atoms. The molecule has 1 aromatic heterocycles. The van der Waals surface area contributed by atoms with Crippen LogP contribution in [-0.2, 0) is 0 Å². The maximum atomic E-state index is 11.9. The highest BCUT2D eigenvalue weighted by atomic mass is 16.3. The van der Waals surface area contributed by atoms with Crippen LogP contribution in [0.25, 0.3) is 11.3 Å². The summed E-state index contributed by atoms with van der Waals surface area (Å²) in [7, 11) is 0. The summed E-state index contributed by atoms with van der Waals surface area (Å²) in [4.78, 5) is 20.4. The molecule has 0 saturated carbocycles. The molecule has 0 bridgehead atoms. The number of aliphatic hydroxyl groups excluding tert-OH is 1. The quantitative estimate of drug-likeness (QED) is 0.575. The summed E-state index contributed by atoms with van der Waals surface area (Å²) in [5.41, 5.74) is 7.87. The van der Waals surface area contributed by atoms with Crippen LogP contribution >= 0.6 is 0 Å². The van der Waals surface area contributed by atoms with Crippen LogP contribution in [0.5, 0.6) is 0 Å². The van der Waals surface area contributed by atoms with E-state index in [0.29, 0.717) is 30.0 Å². The number of hydrogen-bond acceptors (Lipinski definition) is 6. The van der Waals surface area contributed by atoms with Crippen molar-refractivity contribution in [3.63, 3.8) is 0 Å². The zero-order valence-electron chi connectivity index (χ0n) is 13.9. The van der Waals surface area contributed by atoms with E-state index < -0.39 is 0 Å². The maximum absolute atomic E-state index is 11.9. The van der Waals surface area contributed by atoms with E-state index in [1.165, 1.54) is 0 Å². The number of nitrogens with one attached hydrogen (secondary N) is 2. The van der Waals surface area contributed by atoms with Crippen LogP contribution in [0.4, 0.5) is 11.8 Å². The summed E-state index contributed by atoms with van der Waals surface area (Å²) in [6, 6.07) is 9.17. The number of nitrogen functional groups attached to an aromatic ring is 1. The Labute approximate surface area is 141 Å². The van der Waals surface area contributed by atoms with Crippen molar-refractivity contribution in [2.75, 3.05) is 24.2 Å². The molecule has 2 aromatic rings. The average molecular weight is 329 g/mol. The van der Waals surface area contributed by atoms with Crippen molar-refractivity contribution in [2.24, 2.45) is 0 Å². The van der Waals surface area contributed by atoms with Crippen LogP contribution in [-0.4, -0.2) is 40.2 Å². The molecule has 0 aliphatic carbocycles. The van der Waals surface area contributed by atoms with E-state index in [2.05, 4.69) is 20.6 Å². The Bertz CT molecular complexity index is 686. The van der Waals surface area contributed by atoms with Crippen LogP contribution in [0.3, 0.4) is 0 Å². The highest BCUT2D eigenvalue weighted by molar-refractivity contribution is 5.94. The molecule has 0 saturated heterocycles. The molecule has 1 heterocycles. The lowest BCUT2D eigenvalue weighted by Crippen LogP contribution is -2.24. The van der Waals surface area contributed by atoms with Crippen molar-refractivity contribution >= 4 is 17.7 Å². The first kappa shape index (κ1) is 17.7. The van der Waals surface area contributed by atoms with E-state index in [0.717, 1.165) is 5.56 Å². The van der Waals surface area contributed by atoms with E-state index in [1.807, 2.05) is 32.0 Å². The number of nitrogens with two attached hydrogens (primary N) is 1. The predicted octanol–water partition coefficient (Wildman–Crippen LogP) is 1.66. The maximum Gasteiger partial charge on any atom is 0.251 e. The molecular formula is C17H23N5O2. The molecule has 7 nitrogen and oxygen atoms in total. The number of hydrogen-bond donors (Lipinski definition) is 4. The lowest BCUT2D eigenvalue weighted by Gasteiger charge is -2.11. The Kier molecular flexibility index (Phi) is 6.08. The highest BCUT2D eigenvalue weighted by Crippen LogP contribution is 2.21. The van der Waals surface area contributed by atoms with Crippen LogP contribution in [0.2, 0.25) is 0 Å². The third kappa shape index (κ3) is 4.92. The third-order valence-electron chi connectivity index (χ3n) is 3.24. The Morgan fingerprint density at radius 3 is 2.58 bits per heavy atom. The highest BCUT2D eigenvalue weighted by Gasteiger charge is 2.08. The van der Waals surface area contributed by atoms with E-state index in [1.54, 1.807) is 12.1 Å². The lowest BCUT2D eigenvalue weighted by molar-refractivity contribution is 0.0951. The fourth-order valence-electron chi connectivity index (χ4n) is 2.16. The molecule has 7 heteroatoms. The minimum absolute atomic E-state index is 0.0566. The Balaban J connectivity index is 2.15. The van der Waals surface area contributed by atoms with Crippen molar-refractivity contribution in [2.45, 2.75) is 26.3 Å². The zero-order valence-corrected chi connectivity index (χ0v) is 13.9. The standard InChI is InChI=1S/C17H23N5O2/c1-11(2)20-15-10-14(21-17(18)22-15)12-4-6-13(7-5-12)16(24)19-8-3-9-23/h4-7,10-11,23H,3,8-9H2,1-2H3,(H,19,24)(H3,18,20,21,22). The Hall–Kier alpha value is -2.67. The number of amides is 1. The molecule has 5 N–H and O–H groups in total.